The lowest BCUT2D eigenvalue weighted by atomic mass is 10.1. The van der Waals surface area contributed by atoms with Crippen LogP contribution in [0.1, 0.15) is 20.8 Å². The normalized spacial score (nSPS) is 14.0. The summed E-state index contributed by atoms with van der Waals surface area (Å²) in [4.78, 5) is 28.8. The first-order valence-corrected chi connectivity index (χ1v) is 9.76. The molecule has 0 spiro atoms. The van der Waals surface area contributed by atoms with E-state index in [0.29, 0.717) is 18.8 Å². The summed E-state index contributed by atoms with van der Waals surface area (Å²) in [7, 11) is 0. The van der Waals surface area contributed by atoms with Crippen LogP contribution in [-0.2, 0) is 0 Å². The number of ether oxygens (including phenoxy) is 1. The molecule has 160 valence electrons. The number of rotatable bonds is 5. The van der Waals surface area contributed by atoms with Crippen molar-refractivity contribution in [1.29, 1.82) is 0 Å². The first-order chi connectivity index (χ1) is 15.0. The molecule has 1 aliphatic heterocycles. The standard InChI is InChI=1S/C22H20F2N4O3/c23-22(24)31-19-9-5-4-8-17(19)20(29)26-12-14-27(15-13-26)21(30)18-10-11-28(25-18)16-6-2-1-3-7-16/h1-11,22H,12-15H2. The van der Waals surface area contributed by atoms with Crippen LogP contribution < -0.4 is 4.74 Å². The number of halogens is 2. The summed E-state index contributed by atoms with van der Waals surface area (Å²) in [5.74, 6) is -0.785. The van der Waals surface area contributed by atoms with E-state index < -0.39 is 12.5 Å². The molecule has 1 saturated heterocycles. The summed E-state index contributed by atoms with van der Waals surface area (Å²) in [6, 6.07) is 17.0. The summed E-state index contributed by atoms with van der Waals surface area (Å²) in [6.07, 6.45) is 1.72. The highest BCUT2D eigenvalue weighted by Crippen LogP contribution is 2.22. The first-order valence-electron chi connectivity index (χ1n) is 9.76. The Hall–Kier alpha value is -3.75. The van der Waals surface area contributed by atoms with Crippen molar-refractivity contribution in [3.8, 4) is 11.4 Å². The van der Waals surface area contributed by atoms with E-state index in [0.717, 1.165) is 5.69 Å². The van der Waals surface area contributed by atoms with Gasteiger partial charge in [0.15, 0.2) is 5.69 Å². The Kier molecular flexibility index (Phi) is 5.92. The van der Waals surface area contributed by atoms with E-state index >= 15 is 0 Å². The number of aromatic nitrogens is 2. The molecule has 0 bridgehead atoms. The Morgan fingerprint density at radius 2 is 1.45 bits per heavy atom. The van der Waals surface area contributed by atoms with E-state index in [1.807, 2.05) is 30.3 Å². The Morgan fingerprint density at radius 1 is 0.839 bits per heavy atom. The van der Waals surface area contributed by atoms with Crippen LogP contribution in [0.5, 0.6) is 5.75 Å². The minimum absolute atomic E-state index is 0.0733. The van der Waals surface area contributed by atoms with Crippen molar-refractivity contribution in [2.24, 2.45) is 0 Å². The maximum atomic E-state index is 12.8. The molecule has 2 heterocycles. The Morgan fingerprint density at radius 3 is 2.13 bits per heavy atom. The lowest BCUT2D eigenvalue weighted by molar-refractivity contribution is -0.0503. The van der Waals surface area contributed by atoms with Crippen molar-refractivity contribution < 1.29 is 23.1 Å². The van der Waals surface area contributed by atoms with E-state index in [9.17, 15) is 18.4 Å². The zero-order chi connectivity index (χ0) is 21.8. The van der Waals surface area contributed by atoms with Crippen LogP contribution in [0.2, 0.25) is 0 Å². The number of carbonyl (C=O) groups is 2. The van der Waals surface area contributed by atoms with Crippen molar-refractivity contribution in [2.45, 2.75) is 6.61 Å². The second kappa shape index (κ2) is 8.95. The van der Waals surface area contributed by atoms with Crippen molar-refractivity contribution in [1.82, 2.24) is 19.6 Å². The quantitative estimate of drug-likeness (QED) is 0.629. The number of benzene rings is 2. The zero-order valence-electron chi connectivity index (χ0n) is 16.5. The molecule has 7 nitrogen and oxygen atoms in total. The Bertz CT molecular complexity index is 1060. The van der Waals surface area contributed by atoms with Gasteiger partial charge in [-0.15, -0.1) is 0 Å². The van der Waals surface area contributed by atoms with E-state index in [1.54, 1.807) is 27.9 Å². The Balaban J connectivity index is 1.39. The molecule has 1 aliphatic rings. The molecule has 0 unspecified atom stereocenters. The van der Waals surface area contributed by atoms with E-state index in [-0.39, 0.29) is 30.3 Å². The predicted octanol–water partition coefficient (Wildman–Crippen LogP) is 3.07. The summed E-state index contributed by atoms with van der Waals surface area (Å²) >= 11 is 0. The fourth-order valence-electron chi connectivity index (χ4n) is 3.45. The predicted molar refractivity (Wildman–Crippen MR) is 108 cm³/mol. The monoisotopic (exact) mass is 426 g/mol. The highest BCUT2D eigenvalue weighted by Gasteiger charge is 2.28. The molecule has 1 fully saturated rings. The minimum atomic E-state index is -3.01. The number of alkyl halides is 2. The van der Waals surface area contributed by atoms with Gasteiger partial charge >= 0.3 is 6.61 Å². The maximum Gasteiger partial charge on any atom is 0.387 e. The molecular weight excluding hydrogens is 406 g/mol. The highest BCUT2D eigenvalue weighted by molar-refractivity contribution is 5.97. The third kappa shape index (κ3) is 4.55. The van der Waals surface area contributed by atoms with Gasteiger partial charge in [0.25, 0.3) is 11.8 Å². The van der Waals surface area contributed by atoms with Gasteiger partial charge in [0, 0.05) is 32.4 Å². The van der Waals surface area contributed by atoms with Crippen LogP contribution in [0.25, 0.3) is 5.69 Å². The van der Waals surface area contributed by atoms with Gasteiger partial charge in [-0.1, -0.05) is 30.3 Å². The van der Waals surface area contributed by atoms with Gasteiger partial charge < -0.3 is 14.5 Å². The average molecular weight is 426 g/mol. The number of hydrogen-bond acceptors (Lipinski definition) is 4. The van der Waals surface area contributed by atoms with Crippen molar-refractivity contribution >= 4 is 11.8 Å². The number of piperazine rings is 1. The van der Waals surface area contributed by atoms with E-state index in [2.05, 4.69) is 9.84 Å². The molecule has 0 saturated carbocycles. The molecule has 0 aliphatic carbocycles. The van der Waals surface area contributed by atoms with Crippen molar-refractivity contribution in [3.63, 3.8) is 0 Å². The third-order valence-corrected chi connectivity index (χ3v) is 5.02. The lowest BCUT2D eigenvalue weighted by Crippen LogP contribution is -2.50. The van der Waals surface area contributed by atoms with Crippen molar-refractivity contribution in [2.75, 3.05) is 26.2 Å². The molecule has 31 heavy (non-hydrogen) atoms. The summed E-state index contributed by atoms with van der Waals surface area (Å²) < 4.78 is 31.3. The van der Waals surface area contributed by atoms with Gasteiger partial charge in [-0.05, 0) is 30.3 Å². The number of amides is 2. The topological polar surface area (TPSA) is 67.7 Å². The second-order valence-corrected chi connectivity index (χ2v) is 6.94. The van der Waals surface area contributed by atoms with Gasteiger partial charge in [0.2, 0.25) is 0 Å². The highest BCUT2D eigenvalue weighted by atomic mass is 19.3. The number of nitrogens with zero attached hydrogens (tertiary/aromatic N) is 4. The molecule has 9 heteroatoms. The summed E-state index contributed by atoms with van der Waals surface area (Å²) in [5, 5.41) is 4.35. The SMILES string of the molecule is O=C(c1ccn(-c2ccccc2)n1)N1CCN(C(=O)c2ccccc2OC(F)F)CC1. The molecule has 2 aromatic carbocycles. The second-order valence-electron chi connectivity index (χ2n) is 6.94. The van der Waals surface area contributed by atoms with Gasteiger partial charge in [-0.3, -0.25) is 9.59 Å². The fraction of sp³-hybridized carbons (Fsp3) is 0.227. The van der Waals surface area contributed by atoms with E-state index in [1.165, 1.54) is 23.1 Å². The van der Waals surface area contributed by atoms with Crippen LogP contribution in [0.4, 0.5) is 8.78 Å². The summed E-state index contributed by atoms with van der Waals surface area (Å²) in [5.41, 5.74) is 1.24. The van der Waals surface area contributed by atoms with Crippen LogP contribution >= 0.6 is 0 Å². The average Bonchev–Trinajstić information content (AvgIpc) is 3.29. The van der Waals surface area contributed by atoms with Crippen LogP contribution in [0.3, 0.4) is 0 Å². The molecule has 1 aromatic heterocycles. The molecule has 3 aromatic rings. The van der Waals surface area contributed by atoms with Gasteiger partial charge in [0.05, 0.1) is 11.3 Å². The smallest absolute Gasteiger partial charge is 0.387 e. The molecule has 0 radical (unpaired) electrons. The third-order valence-electron chi connectivity index (χ3n) is 5.02. The van der Waals surface area contributed by atoms with E-state index in [4.69, 9.17) is 0 Å². The fourth-order valence-corrected chi connectivity index (χ4v) is 3.45. The number of carbonyl (C=O) groups excluding carboxylic acids is 2. The van der Waals surface area contributed by atoms with Gasteiger partial charge in [-0.2, -0.15) is 13.9 Å². The number of hydrogen-bond donors (Lipinski definition) is 0. The van der Waals surface area contributed by atoms with Crippen LogP contribution in [-0.4, -0.2) is 64.2 Å². The van der Waals surface area contributed by atoms with Crippen molar-refractivity contribution in [3.05, 3.63) is 78.1 Å². The lowest BCUT2D eigenvalue weighted by Gasteiger charge is -2.34. The first kappa shape index (κ1) is 20.5. The number of para-hydroxylation sites is 2. The molecule has 2 amide bonds. The largest absolute Gasteiger partial charge is 0.434 e. The van der Waals surface area contributed by atoms with Gasteiger partial charge in [-0.25, -0.2) is 4.68 Å². The molecule has 0 atom stereocenters. The molecular formula is C22H20F2N4O3. The molecule has 4 rings (SSSR count). The van der Waals surface area contributed by atoms with Crippen LogP contribution in [0.15, 0.2) is 66.9 Å². The molecule has 0 N–H and O–H groups in total. The summed E-state index contributed by atoms with van der Waals surface area (Å²) in [6.45, 7) is -1.81. The van der Waals surface area contributed by atoms with Crippen LogP contribution in [0, 0.1) is 0 Å². The zero-order valence-corrected chi connectivity index (χ0v) is 16.5. The Labute approximate surface area is 177 Å². The maximum absolute atomic E-state index is 12.8. The van der Waals surface area contributed by atoms with Gasteiger partial charge in [0.1, 0.15) is 5.75 Å². The minimum Gasteiger partial charge on any atom is -0.434 e.